The van der Waals surface area contributed by atoms with Gasteiger partial charge >= 0.3 is 0 Å². The number of aromatic nitrogens is 6. The summed E-state index contributed by atoms with van der Waals surface area (Å²) in [6.07, 6.45) is 5.92. The number of fused-ring (bicyclic) bond motifs is 2. The molecule has 2 aliphatic rings. The van der Waals surface area contributed by atoms with E-state index >= 15 is 0 Å². The number of hydrogen-bond donors (Lipinski definition) is 3. The quantitative estimate of drug-likeness (QED) is 0.277. The van der Waals surface area contributed by atoms with E-state index in [2.05, 4.69) is 41.1 Å². The Hall–Kier alpha value is -3.73. The molecular weight excluding hydrogens is 514 g/mol. The summed E-state index contributed by atoms with van der Waals surface area (Å²) in [6, 6.07) is 14.6. The largest absolute Gasteiger partial charge is 0.383 e. The molecule has 2 aromatic carbocycles. The molecule has 0 spiro atoms. The van der Waals surface area contributed by atoms with Gasteiger partial charge < -0.3 is 15.8 Å². The van der Waals surface area contributed by atoms with Gasteiger partial charge in [0.05, 0.1) is 30.2 Å². The summed E-state index contributed by atoms with van der Waals surface area (Å²) >= 11 is 6.18. The normalized spacial score (nSPS) is 20.5. The van der Waals surface area contributed by atoms with Gasteiger partial charge in [-0.3, -0.25) is 10.00 Å². The average Bonchev–Trinajstić information content (AvgIpc) is 3.56. The molecule has 4 heterocycles. The number of aromatic amines is 1. The maximum absolute atomic E-state index is 6.43. The molecule has 0 amide bonds. The van der Waals surface area contributed by atoms with Gasteiger partial charge in [0.15, 0.2) is 11.5 Å². The van der Waals surface area contributed by atoms with Crippen molar-refractivity contribution in [2.45, 2.75) is 37.8 Å². The Kier molecular flexibility index (Phi) is 6.30. The second-order valence-electron chi connectivity index (χ2n) is 10.3. The summed E-state index contributed by atoms with van der Waals surface area (Å²) < 4.78 is 7.64. The van der Waals surface area contributed by atoms with E-state index in [9.17, 15) is 0 Å². The highest BCUT2D eigenvalue weighted by Crippen LogP contribution is 2.38. The number of nitrogens with two attached hydrogens (primary N) is 1. The van der Waals surface area contributed by atoms with Crippen molar-refractivity contribution in [3.8, 4) is 11.3 Å². The topological polar surface area (TPSA) is 123 Å². The molecule has 3 aromatic heterocycles. The summed E-state index contributed by atoms with van der Waals surface area (Å²) in [5.74, 6) is 1.15. The molecule has 0 radical (unpaired) electrons. The second kappa shape index (κ2) is 10.1. The molecule has 0 unspecified atom stereocenters. The first kappa shape index (κ1) is 24.3. The highest BCUT2D eigenvalue weighted by molar-refractivity contribution is 6.30. The Morgan fingerprint density at radius 2 is 1.82 bits per heavy atom. The fourth-order valence-corrected chi connectivity index (χ4v) is 6.21. The standard InChI is InChI=1S/C28H30ClN9O/c29-18-2-1-3-19(15-18)33-27-22-14-17(4-9-23(22)34-35-27)25-24-26(30)31-16-32-28(24)38(36-25)21-7-5-20(6-8-21)37-10-12-39-13-11-37/h1-4,9,14-16,20-21H,5-8,10-13H2,(H2,30,31,32)(H2,33,34,35)/t20-,21-. The number of rotatable bonds is 5. The fraction of sp³-hybridized carbons (Fsp3) is 0.357. The molecule has 1 saturated carbocycles. The van der Waals surface area contributed by atoms with Crippen LogP contribution in [0, 0.1) is 0 Å². The molecule has 200 valence electrons. The predicted molar refractivity (Wildman–Crippen MR) is 153 cm³/mol. The third-order valence-electron chi connectivity index (χ3n) is 8.02. The number of anilines is 3. The van der Waals surface area contributed by atoms with Crippen LogP contribution in [-0.4, -0.2) is 67.2 Å². The van der Waals surface area contributed by atoms with E-state index in [1.54, 1.807) is 0 Å². The summed E-state index contributed by atoms with van der Waals surface area (Å²) in [4.78, 5) is 11.5. The maximum atomic E-state index is 6.43. The van der Waals surface area contributed by atoms with Crippen LogP contribution in [0.15, 0.2) is 48.8 Å². The molecule has 11 heteroatoms. The van der Waals surface area contributed by atoms with Crippen molar-refractivity contribution in [3.05, 3.63) is 53.8 Å². The van der Waals surface area contributed by atoms with E-state index in [1.165, 1.54) is 6.33 Å². The lowest BCUT2D eigenvalue weighted by atomic mass is 9.90. The van der Waals surface area contributed by atoms with E-state index in [-0.39, 0.29) is 6.04 Å². The van der Waals surface area contributed by atoms with Crippen molar-refractivity contribution >= 4 is 50.9 Å². The highest BCUT2D eigenvalue weighted by Gasteiger charge is 2.30. The molecule has 5 aromatic rings. The molecule has 1 aliphatic carbocycles. The monoisotopic (exact) mass is 543 g/mol. The van der Waals surface area contributed by atoms with Gasteiger partial charge in [0.2, 0.25) is 0 Å². The predicted octanol–water partition coefficient (Wildman–Crippen LogP) is 5.16. The van der Waals surface area contributed by atoms with Gasteiger partial charge in [0, 0.05) is 40.8 Å². The molecule has 10 nitrogen and oxygen atoms in total. The van der Waals surface area contributed by atoms with Crippen LogP contribution in [0.5, 0.6) is 0 Å². The SMILES string of the molecule is Nc1ncnc2c1c(-c1ccc3[nH]nc(Nc4cccc(Cl)c4)c3c1)nn2[C@H]1CC[C@H](N2CCOCC2)CC1. The average molecular weight is 544 g/mol. The maximum Gasteiger partial charge on any atom is 0.164 e. The van der Waals surface area contributed by atoms with Gasteiger partial charge in [-0.15, -0.1) is 0 Å². The highest BCUT2D eigenvalue weighted by atomic mass is 35.5. The van der Waals surface area contributed by atoms with Crippen LogP contribution in [0.2, 0.25) is 5.02 Å². The fourth-order valence-electron chi connectivity index (χ4n) is 6.02. The number of nitrogens with one attached hydrogen (secondary N) is 2. The number of nitrogen functional groups attached to an aromatic ring is 1. The summed E-state index contributed by atoms with van der Waals surface area (Å²) in [7, 11) is 0. The van der Waals surface area contributed by atoms with Crippen molar-refractivity contribution in [2.24, 2.45) is 0 Å². The molecule has 1 saturated heterocycles. The number of hydrogen-bond acceptors (Lipinski definition) is 8. The van der Waals surface area contributed by atoms with Crippen molar-refractivity contribution in [1.82, 2.24) is 34.8 Å². The van der Waals surface area contributed by atoms with Crippen LogP contribution in [-0.2, 0) is 4.74 Å². The first-order valence-corrected chi connectivity index (χ1v) is 13.8. The first-order chi connectivity index (χ1) is 19.1. The van der Waals surface area contributed by atoms with Crippen molar-refractivity contribution in [1.29, 1.82) is 0 Å². The molecule has 4 N–H and O–H groups in total. The third-order valence-corrected chi connectivity index (χ3v) is 8.25. The number of nitrogens with zero attached hydrogens (tertiary/aromatic N) is 6. The Bertz CT molecular complexity index is 1630. The number of H-pyrrole nitrogens is 1. The lowest BCUT2D eigenvalue weighted by molar-refractivity contribution is 0.00520. The van der Waals surface area contributed by atoms with E-state index in [1.807, 2.05) is 36.4 Å². The Morgan fingerprint density at radius 3 is 2.64 bits per heavy atom. The van der Waals surface area contributed by atoms with Crippen LogP contribution in [0.1, 0.15) is 31.7 Å². The minimum absolute atomic E-state index is 0.269. The van der Waals surface area contributed by atoms with E-state index < -0.39 is 0 Å². The van der Waals surface area contributed by atoms with Gasteiger partial charge in [-0.2, -0.15) is 10.2 Å². The third kappa shape index (κ3) is 4.58. The molecule has 7 rings (SSSR count). The molecule has 2 fully saturated rings. The molecule has 39 heavy (non-hydrogen) atoms. The van der Waals surface area contributed by atoms with E-state index in [4.69, 9.17) is 27.2 Å². The molecule has 1 aliphatic heterocycles. The number of ether oxygens (including phenoxy) is 1. The molecule has 0 bridgehead atoms. The smallest absolute Gasteiger partial charge is 0.164 e. The number of halogens is 1. The minimum Gasteiger partial charge on any atom is -0.383 e. The van der Waals surface area contributed by atoms with Crippen molar-refractivity contribution in [3.63, 3.8) is 0 Å². The molecule has 0 atom stereocenters. The zero-order valence-corrected chi connectivity index (χ0v) is 22.2. The summed E-state index contributed by atoms with van der Waals surface area (Å²) in [5.41, 5.74) is 10.7. The van der Waals surface area contributed by atoms with Crippen LogP contribution in [0.25, 0.3) is 33.2 Å². The summed E-state index contributed by atoms with van der Waals surface area (Å²) in [6.45, 7) is 3.72. The minimum atomic E-state index is 0.269. The zero-order valence-electron chi connectivity index (χ0n) is 21.5. The molecular formula is C28H30ClN9O. The Balaban J connectivity index is 1.22. The Labute approximate surface area is 230 Å². The number of benzene rings is 2. The number of morpholine rings is 1. The van der Waals surface area contributed by atoms with Gasteiger partial charge in [-0.25, -0.2) is 14.6 Å². The van der Waals surface area contributed by atoms with Gasteiger partial charge in [-0.1, -0.05) is 23.7 Å². The van der Waals surface area contributed by atoms with E-state index in [0.29, 0.717) is 22.7 Å². The van der Waals surface area contributed by atoms with Crippen LogP contribution >= 0.6 is 11.6 Å². The van der Waals surface area contributed by atoms with E-state index in [0.717, 1.165) is 90.9 Å². The van der Waals surface area contributed by atoms with Crippen molar-refractivity contribution < 1.29 is 4.74 Å². The van der Waals surface area contributed by atoms with Crippen LogP contribution in [0.4, 0.5) is 17.3 Å². The van der Waals surface area contributed by atoms with Crippen LogP contribution < -0.4 is 11.1 Å². The van der Waals surface area contributed by atoms with Crippen molar-refractivity contribution in [2.75, 3.05) is 37.4 Å². The second-order valence-corrected chi connectivity index (χ2v) is 10.8. The van der Waals surface area contributed by atoms with Gasteiger partial charge in [0.25, 0.3) is 0 Å². The van der Waals surface area contributed by atoms with Gasteiger partial charge in [0.1, 0.15) is 17.8 Å². The summed E-state index contributed by atoms with van der Waals surface area (Å²) in [5, 5.41) is 18.5. The van der Waals surface area contributed by atoms with Gasteiger partial charge in [-0.05, 0) is 56.0 Å². The first-order valence-electron chi connectivity index (χ1n) is 13.5. The lowest BCUT2D eigenvalue weighted by Gasteiger charge is -2.38. The zero-order chi connectivity index (χ0) is 26.3. The lowest BCUT2D eigenvalue weighted by Crippen LogP contribution is -2.45. The Morgan fingerprint density at radius 1 is 1.00 bits per heavy atom. The van der Waals surface area contributed by atoms with Crippen LogP contribution in [0.3, 0.4) is 0 Å².